The number of rotatable bonds is 5. The lowest BCUT2D eigenvalue weighted by molar-refractivity contribution is 1.50. The van der Waals surface area contributed by atoms with E-state index in [-0.39, 0.29) is 0 Å². The third kappa shape index (κ3) is 3.87. The largest absolute Gasteiger partial charge is 0.0990 e. The second-order valence-electron chi connectivity index (χ2n) is 6.10. The van der Waals surface area contributed by atoms with Crippen LogP contribution in [0, 0.1) is 6.92 Å². The summed E-state index contributed by atoms with van der Waals surface area (Å²) in [6.07, 6.45) is 7.89. The molecule has 0 aromatic heterocycles. The van der Waals surface area contributed by atoms with E-state index in [0.717, 1.165) is 11.1 Å². The Hall–Kier alpha value is -3.12. The molecule has 0 bridgehead atoms. The van der Waals surface area contributed by atoms with E-state index in [4.69, 9.17) is 0 Å². The number of aryl methyl sites for hydroxylation is 1. The molecule has 0 unspecified atom stereocenters. The summed E-state index contributed by atoms with van der Waals surface area (Å²) in [6.45, 7) is 9.92. The smallest absolute Gasteiger partial charge is 0.0106 e. The Morgan fingerprint density at radius 3 is 2.28 bits per heavy atom. The third-order valence-corrected chi connectivity index (χ3v) is 4.24. The summed E-state index contributed by atoms with van der Waals surface area (Å²) in [7, 11) is 0. The molecule has 0 saturated heterocycles. The Morgan fingerprint density at radius 1 is 0.840 bits per heavy atom. The van der Waals surface area contributed by atoms with Gasteiger partial charge < -0.3 is 0 Å². The van der Waals surface area contributed by atoms with Crippen molar-refractivity contribution in [2.75, 3.05) is 0 Å². The van der Waals surface area contributed by atoms with E-state index < -0.39 is 0 Å². The summed E-state index contributed by atoms with van der Waals surface area (Å²) < 4.78 is 0. The van der Waals surface area contributed by atoms with Gasteiger partial charge in [0.15, 0.2) is 0 Å². The van der Waals surface area contributed by atoms with Crippen molar-refractivity contribution in [3.8, 4) is 0 Å². The van der Waals surface area contributed by atoms with Gasteiger partial charge in [-0.3, -0.25) is 0 Å². The molecule has 0 aliphatic heterocycles. The lowest BCUT2D eigenvalue weighted by atomic mass is 9.94. The molecule has 0 radical (unpaired) electrons. The molecule has 0 N–H and O–H groups in total. The van der Waals surface area contributed by atoms with Gasteiger partial charge in [-0.1, -0.05) is 97.6 Å². The molecule has 0 spiro atoms. The first-order valence-corrected chi connectivity index (χ1v) is 8.44. The Labute approximate surface area is 150 Å². The molecule has 3 rings (SSSR count). The number of allylic oxidation sites excluding steroid dienone is 5. The minimum absolute atomic E-state index is 1.06. The summed E-state index contributed by atoms with van der Waals surface area (Å²) in [5.41, 5.74) is 5.82. The van der Waals surface area contributed by atoms with E-state index in [1.165, 1.54) is 27.5 Å². The molecular formula is C25H22. The molecule has 0 aliphatic rings. The van der Waals surface area contributed by atoms with Crippen LogP contribution in [0.5, 0.6) is 0 Å². The van der Waals surface area contributed by atoms with Crippen molar-refractivity contribution >= 4 is 22.4 Å². The molecule has 3 aromatic rings. The summed E-state index contributed by atoms with van der Waals surface area (Å²) in [4.78, 5) is 0. The van der Waals surface area contributed by atoms with Gasteiger partial charge >= 0.3 is 0 Å². The molecule has 3 aromatic carbocycles. The van der Waals surface area contributed by atoms with Crippen molar-refractivity contribution in [1.82, 2.24) is 0 Å². The normalized spacial score (nSPS) is 12.2. The number of fused-ring (bicyclic) bond motifs is 1. The zero-order chi connectivity index (χ0) is 17.6. The highest BCUT2D eigenvalue weighted by Crippen LogP contribution is 2.28. The van der Waals surface area contributed by atoms with Crippen molar-refractivity contribution < 1.29 is 0 Å². The Balaban J connectivity index is 2.15. The van der Waals surface area contributed by atoms with Crippen LogP contribution in [0.3, 0.4) is 0 Å². The van der Waals surface area contributed by atoms with Gasteiger partial charge in [0.1, 0.15) is 0 Å². The monoisotopic (exact) mass is 322 g/mol. The van der Waals surface area contributed by atoms with Crippen molar-refractivity contribution in [2.24, 2.45) is 0 Å². The molecule has 0 amide bonds. The minimum Gasteiger partial charge on any atom is -0.0990 e. The molecule has 0 fully saturated rings. The summed E-state index contributed by atoms with van der Waals surface area (Å²) in [5.74, 6) is 0. The average Bonchev–Trinajstić information content (AvgIpc) is 2.65. The lowest BCUT2D eigenvalue weighted by Crippen LogP contribution is -1.88. The molecule has 0 saturated carbocycles. The van der Waals surface area contributed by atoms with Gasteiger partial charge in [0.25, 0.3) is 0 Å². The first-order chi connectivity index (χ1) is 12.2. The second-order valence-corrected chi connectivity index (χ2v) is 6.10. The SMILES string of the molecule is C=C/C=C(C=C)/C(=C\c1ccc2cc(C)ccc2c1)c1ccccc1. The van der Waals surface area contributed by atoms with Crippen LogP contribution in [-0.2, 0) is 0 Å². The molecule has 0 heteroatoms. The first-order valence-electron chi connectivity index (χ1n) is 8.44. The fourth-order valence-electron chi connectivity index (χ4n) is 2.99. The van der Waals surface area contributed by atoms with Crippen LogP contribution in [0.1, 0.15) is 16.7 Å². The quantitative estimate of drug-likeness (QED) is 0.351. The van der Waals surface area contributed by atoms with Crippen LogP contribution in [0.15, 0.2) is 104 Å². The van der Waals surface area contributed by atoms with Crippen molar-refractivity contribution in [2.45, 2.75) is 6.92 Å². The van der Waals surface area contributed by atoms with Crippen molar-refractivity contribution in [1.29, 1.82) is 0 Å². The topological polar surface area (TPSA) is 0 Å². The molecule has 0 aliphatic carbocycles. The Kier molecular flexibility index (Phi) is 5.11. The van der Waals surface area contributed by atoms with Crippen LogP contribution in [0.25, 0.3) is 22.4 Å². The van der Waals surface area contributed by atoms with Crippen LogP contribution >= 0.6 is 0 Å². The van der Waals surface area contributed by atoms with E-state index in [1.807, 2.05) is 18.2 Å². The minimum atomic E-state index is 1.06. The lowest BCUT2D eigenvalue weighted by Gasteiger charge is -2.10. The summed E-state index contributed by atoms with van der Waals surface area (Å²) in [5, 5.41) is 2.52. The molecule has 25 heavy (non-hydrogen) atoms. The maximum atomic E-state index is 3.97. The van der Waals surface area contributed by atoms with Gasteiger partial charge in [0.05, 0.1) is 0 Å². The van der Waals surface area contributed by atoms with Gasteiger partial charge in [0.2, 0.25) is 0 Å². The van der Waals surface area contributed by atoms with Crippen molar-refractivity contribution in [3.05, 3.63) is 120 Å². The molecular weight excluding hydrogens is 300 g/mol. The second kappa shape index (κ2) is 7.63. The Morgan fingerprint density at radius 2 is 1.56 bits per heavy atom. The van der Waals surface area contributed by atoms with Gasteiger partial charge in [-0.05, 0) is 52.1 Å². The fraction of sp³-hybridized carbons (Fsp3) is 0.0400. The highest BCUT2D eigenvalue weighted by Gasteiger charge is 2.05. The zero-order valence-corrected chi connectivity index (χ0v) is 14.6. The average molecular weight is 322 g/mol. The van der Waals surface area contributed by atoms with Gasteiger partial charge in [0, 0.05) is 0 Å². The van der Waals surface area contributed by atoms with Gasteiger partial charge in [-0.25, -0.2) is 0 Å². The van der Waals surface area contributed by atoms with E-state index in [1.54, 1.807) is 6.08 Å². The van der Waals surface area contributed by atoms with Crippen LogP contribution < -0.4 is 0 Å². The molecule has 122 valence electrons. The number of benzene rings is 3. The van der Waals surface area contributed by atoms with E-state index >= 15 is 0 Å². The number of hydrogen-bond acceptors (Lipinski definition) is 0. The van der Waals surface area contributed by atoms with E-state index in [9.17, 15) is 0 Å². The van der Waals surface area contributed by atoms with Gasteiger partial charge in [-0.2, -0.15) is 0 Å². The van der Waals surface area contributed by atoms with Crippen LogP contribution in [0.2, 0.25) is 0 Å². The highest BCUT2D eigenvalue weighted by atomic mass is 14.1. The third-order valence-electron chi connectivity index (χ3n) is 4.24. The van der Waals surface area contributed by atoms with Crippen LogP contribution in [-0.4, -0.2) is 0 Å². The fourth-order valence-corrected chi connectivity index (χ4v) is 2.99. The predicted molar refractivity (Wildman–Crippen MR) is 111 cm³/mol. The first kappa shape index (κ1) is 16.7. The van der Waals surface area contributed by atoms with E-state index in [0.29, 0.717) is 0 Å². The van der Waals surface area contributed by atoms with Crippen LogP contribution in [0.4, 0.5) is 0 Å². The van der Waals surface area contributed by atoms with Gasteiger partial charge in [-0.15, -0.1) is 0 Å². The molecule has 0 heterocycles. The van der Waals surface area contributed by atoms with E-state index in [2.05, 4.69) is 86.8 Å². The predicted octanol–water partition coefficient (Wildman–Crippen LogP) is 6.99. The number of hydrogen-bond donors (Lipinski definition) is 0. The zero-order valence-electron chi connectivity index (χ0n) is 14.6. The van der Waals surface area contributed by atoms with Crippen molar-refractivity contribution in [3.63, 3.8) is 0 Å². The molecule has 0 atom stereocenters. The maximum Gasteiger partial charge on any atom is -0.0106 e. The maximum absolute atomic E-state index is 3.97. The highest BCUT2D eigenvalue weighted by molar-refractivity contribution is 5.95. The Bertz CT molecular complexity index is 969. The standard InChI is InChI=1S/C25H22/c1-4-9-21(5-2)25(22-10-7-6-8-11-22)18-20-13-15-23-16-19(3)12-14-24(23)17-20/h4-18H,1-2H2,3H3/b21-9+,25-18+. The molecule has 0 nitrogen and oxygen atoms in total. The summed E-state index contributed by atoms with van der Waals surface area (Å²) >= 11 is 0. The summed E-state index contributed by atoms with van der Waals surface area (Å²) in [6, 6.07) is 23.5.